The van der Waals surface area contributed by atoms with Gasteiger partial charge in [-0.3, -0.25) is 4.90 Å². The molecule has 0 N–H and O–H groups in total. The lowest BCUT2D eigenvalue weighted by Crippen LogP contribution is -2.31. The smallest absolute Gasteiger partial charge is 0.0202 e. The van der Waals surface area contributed by atoms with E-state index in [-0.39, 0.29) is 0 Å². The molecule has 24 heavy (non-hydrogen) atoms. The van der Waals surface area contributed by atoms with E-state index in [1.165, 1.54) is 66.1 Å². The first-order valence-electron chi connectivity index (χ1n) is 9.14. The summed E-state index contributed by atoms with van der Waals surface area (Å²) in [6, 6.07) is 20.0. The van der Waals surface area contributed by atoms with Crippen molar-refractivity contribution in [2.75, 3.05) is 25.4 Å². The summed E-state index contributed by atoms with van der Waals surface area (Å²) in [6.07, 6.45) is 5.32. The molecule has 2 aliphatic rings. The quantitative estimate of drug-likeness (QED) is 0.731. The Labute approximate surface area is 149 Å². The SMILES string of the molecule is c1ccc(C2=C(CN3CCCCC3)CCSc3ccccc32)cc1. The maximum absolute atomic E-state index is 2.67. The van der Waals surface area contributed by atoms with E-state index < -0.39 is 0 Å². The summed E-state index contributed by atoms with van der Waals surface area (Å²) < 4.78 is 0. The fourth-order valence-electron chi connectivity index (χ4n) is 3.91. The number of nitrogens with zero attached hydrogens (tertiary/aromatic N) is 1. The minimum absolute atomic E-state index is 1.14. The second-order valence-corrected chi connectivity index (χ2v) is 7.91. The molecule has 0 radical (unpaired) electrons. The van der Waals surface area contributed by atoms with E-state index in [1.54, 1.807) is 5.57 Å². The number of thioether (sulfide) groups is 1. The Morgan fingerprint density at radius 1 is 0.833 bits per heavy atom. The van der Waals surface area contributed by atoms with Gasteiger partial charge >= 0.3 is 0 Å². The molecule has 2 aromatic carbocycles. The zero-order chi connectivity index (χ0) is 16.2. The van der Waals surface area contributed by atoms with Crippen LogP contribution in [-0.2, 0) is 0 Å². The number of benzene rings is 2. The van der Waals surface area contributed by atoms with Crippen molar-refractivity contribution < 1.29 is 0 Å². The zero-order valence-corrected chi connectivity index (χ0v) is 15.0. The lowest BCUT2D eigenvalue weighted by atomic mass is 9.91. The van der Waals surface area contributed by atoms with E-state index in [9.17, 15) is 0 Å². The molecule has 2 aromatic rings. The molecule has 0 spiro atoms. The Kier molecular flexibility index (Phi) is 5.05. The highest BCUT2D eigenvalue weighted by Crippen LogP contribution is 2.39. The molecule has 0 aromatic heterocycles. The van der Waals surface area contributed by atoms with Crippen LogP contribution in [-0.4, -0.2) is 30.3 Å². The zero-order valence-electron chi connectivity index (χ0n) is 14.2. The van der Waals surface area contributed by atoms with Gasteiger partial charge in [0.15, 0.2) is 0 Å². The number of hydrogen-bond donors (Lipinski definition) is 0. The molecular weight excluding hydrogens is 310 g/mol. The highest BCUT2D eigenvalue weighted by Gasteiger charge is 2.21. The van der Waals surface area contributed by atoms with Gasteiger partial charge < -0.3 is 0 Å². The lowest BCUT2D eigenvalue weighted by molar-refractivity contribution is 0.245. The van der Waals surface area contributed by atoms with Gasteiger partial charge in [0.2, 0.25) is 0 Å². The molecule has 2 heteroatoms. The summed E-state index contributed by atoms with van der Waals surface area (Å²) in [5, 5.41) is 0. The summed E-state index contributed by atoms with van der Waals surface area (Å²) in [5.74, 6) is 1.19. The molecule has 4 rings (SSSR count). The van der Waals surface area contributed by atoms with Gasteiger partial charge in [-0.2, -0.15) is 0 Å². The predicted molar refractivity (Wildman–Crippen MR) is 105 cm³/mol. The van der Waals surface area contributed by atoms with E-state index >= 15 is 0 Å². The average molecular weight is 336 g/mol. The summed E-state index contributed by atoms with van der Waals surface area (Å²) >= 11 is 2.01. The van der Waals surface area contributed by atoms with Crippen molar-refractivity contribution >= 4 is 17.3 Å². The fraction of sp³-hybridized carbons (Fsp3) is 0.364. The Balaban J connectivity index is 1.79. The number of rotatable bonds is 3. The maximum atomic E-state index is 2.67. The first kappa shape index (κ1) is 16.0. The van der Waals surface area contributed by atoms with Crippen LogP contribution in [0.25, 0.3) is 5.57 Å². The van der Waals surface area contributed by atoms with Crippen molar-refractivity contribution in [1.29, 1.82) is 0 Å². The third-order valence-electron chi connectivity index (χ3n) is 5.10. The van der Waals surface area contributed by atoms with Crippen LogP contribution >= 0.6 is 11.8 Å². The van der Waals surface area contributed by atoms with Crippen molar-refractivity contribution in [3.05, 3.63) is 71.3 Å². The molecule has 0 bridgehead atoms. The van der Waals surface area contributed by atoms with Crippen LogP contribution in [0.2, 0.25) is 0 Å². The predicted octanol–water partition coefficient (Wildman–Crippen LogP) is 5.47. The standard InChI is InChI=1S/C22H25NS/c1-3-9-18(10-4-1)22-19(17-23-14-7-2-8-15-23)13-16-24-21-12-6-5-11-20(21)22/h1,3-6,9-12H,2,7-8,13-17H2. The number of piperidine rings is 1. The molecule has 0 amide bonds. The molecule has 1 saturated heterocycles. The van der Waals surface area contributed by atoms with E-state index in [4.69, 9.17) is 0 Å². The highest BCUT2D eigenvalue weighted by atomic mass is 32.2. The van der Waals surface area contributed by atoms with Crippen LogP contribution < -0.4 is 0 Å². The monoisotopic (exact) mass is 335 g/mol. The van der Waals surface area contributed by atoms with Crippen LogP contribution in [0.3, 0.4) is 0 Å². The van der Waals surface area contributed by atoms with Crippen molar-refractivity contribution in [2.24, 2.45) is 0 Å². The highest BCUT2D eigenvalue weighted by molar-refractivity contribution is 7.99. The normalized spacial score (nSPS) is 19.0. The molecule has 0 aliphatic carbocycles. The first-order valence-corrected chi connectivity index (χ1v) is 10.1. The van der Waals surface area contributed by atoms with Crippen LogP contribution in [0.1, 0.15) is 36.8 Å². The van der Waals surface area contributed by atoms with Gasteiger partial charge in [0.1, 0.15) is 0 Å². The Morgan fingerprint density at radius 3 is 2.42 bits per heavy atom. The minimum atomic E-state index is 1.14. The summed E-state index contributed by atoms with van der Waals surface area (Å²) in [4.78, 5) is 4.10. The van der Waals surface area contributed by atoms with E-state index in [1.807, 2.05) is 11.8 Å². The second-order valence-electron chi connectivity index (χ2n) is 6.78. The van der Waals surface area contributed by atoms with Gasteiger partial charge in [0.25, 0.3) is 0 Å². The minimum Gasteiger partial charge on any atom is -0.299 e. The van der Waals surface area contributed by atoms with Gasteiger partial charge in [0.05, 0.1) is 0 Å². The molecule has 1 fully saturated rings. The number of hydrogen-bond acceptors (Lipinski definition) is 2. The molecule has 2 heterocycles. The van der Waals surface area contributed by atoms with Crippen LogP contribution in [0.15, 0.2) is 65.1 Å². The van der Waals surface area contributed by atoms with Crippen molar-refractivity contribution in [3.63, 3.8) is 0 Å². The van der Waals surface area contributed by atoms with Crippen molar-refractivity contribution in [1.82, 2.24) is 4.90 Å². The summed E-state index contributed by atoms with van der Waals surface area (Å²) in [5.41, 5.74) is 5.92. The van der Waals surface area contributed by atoms with Gasteiger partial charge in [0, 0.05) is 17.2 Å². The molecule has 124 valence electrons. The third-order valence-corrected chi connectivity index (χ3v) is 6.17. The molecule has 2 aliphatic heterocycles. The first-order chi connectivity index (χ1) is 11.9. The molecular formula is C22H25NS. The third kappa shape index (κ3) is 3.45. The van der Waals surface area contributed by atoms with Gasteiger partial charge in [-0.15, -0.1) is 11.8 Å². The Morgan fingerprint density at radius 2 is 1.58 bits per heavy atom. The summed E-state index contributed by atoms with van der Waals surface area (Å²) in [7, 11) is 0. The number of fused-ring (bicyclic) bond motifs is 1. The molecule has 0 saturated carbocycles. The number of likely N-dealkylation sites (tertiary alicyclic amines) is 1. The van der Waals surface area contributed by atoms with E-state index in [0.717, 1.165) is 6.54 Å². The van der Waals surface area contributed by atoms with Gasteiger partial charge in [-0.25, -0.2) is 0 Å². The summed E-state index contributed by atoms with van der Waals surface area (Å²) in [6.45, 7) is 3.67. The maximum Gasteiger partial charge on any atom is 0.0202 e. The second kappa shape index (κ2) is 7.58. The van der Waals surface area contributed by atoms with Gasteiger partial charge in [-0.05, 0) is 60.7 Å². The molecule has 0 atom stereocenters. The van der Waals surface area contributed by atoms with Crippen LogP contribution in [0.4, 0.5) is 0 Å². The van der Waals surface area contributed by atoms with Crippen molar-refractivity contribution in [3.8, 4) is 0 Å². The average Bonchev–Trinajstić information content (AvgIpc) is 2.82. The fourth-order valence-corrected chi connectivity index (χ4v) is 4.98. The van der Waals surface area contributed by atoms with Crippen molar-refractivity contribution in [2.45, 2.75) is 30.6 Å². The Hall–Kier alpha value is -1.51. The topological polar surface area (TPSA) is 3.24 Å². The molecule has 1 nitrogen and oxygen atoms in total. The van der Waals surface area contributed by atoms with E-state index in [2.05, 4.69) is 59.5 Å². The van der Waals surface area contributed by atoms with Gasteiger partial charge in [-0.1, -0.05) is 55.0 Å². The molecule has 0 unspecified atom stereocenters. The van der Waals surface area contributed by atoms with Crippen LogP contribution in [0, 0.1) is 0 Å². The lowest BCUT2D eigenvalue weighted by Gasteiger charge is -2.28. The largest absolute Gasteiger partial charge is 0.299 e. The van der Waals surface area contributed by atoms with Crippen LogP contribution in [0.5, 0.6) is 0 Å². The Bertz CT molecular complexity index is 714. The van der Waals surface area contributed by atoms with E-state index in [0.29, 0.717) is 0 Å².